The van der Waals surface area contributed by atoms with Crippen LogP contribution in [0.4, 0.5) is 0 Å². The van der Waals surface area contributed by atoms with E-state index in [9.17, 15) is 30.3 Å². The Labute approximate surface area is 209 Å². The van der Waals surface area contributed by atoms with E-state index in [-0.39, 0.29) is 36.1 Å². The van der Waals surface area contributed by atoms with Gasteiger partial charge in [-0.15, -0.1) is 0 Å². The van der Waals surface area contributed by atoms with E-state index in [4.69, 9.17) is 4.74 Å². The predicted octanol–water partition coefficient (Wildman–Crippen LogP) is 2.51. The first-order valence-corrected chi connectivity index (χ1v) is 13.3. The Morgan fingerprint density at radius 1 is 1.14 bits per heavy atom. The first-order chi connectivity index (χ1) is 16.0. The highest BCUT2D eigenvalue weighted by molar-refractivity contribution is 5.95. The number of methoxy groups -OCH3 is 1. The molecule has 0 radical (unpaired) electrons. The second-order valence-corrected chi connectivity index (χ2v) is 13.4. The van der Waals surface area contributed by atoms with Gasteiger partial charge >= 0.3 is 0 Å². The van der Waals surface area contributed by atoms with Crippen molar-refractivity contribution in [2.75, 3.05) is 7.11 Å². The van der Waals surface area contributed by atoms with Crippen molar-refractivity contribution in [2.45, 2.75) is 121 Å². The molecule has 0 aliphatic heterocycles. The lowest BCUT2D eigenvalue weighted by atomic mass is 9.45. The maximum atomic E-state index is 13.4. The van der Waals surface area contributed by atoms with Crippen LogP contribution in [-0.2, 0) is 9.53 Å². The molecule has 0 aromatic rings. The highest BCUT2D eigenvalue weighted by Gasteiger charge is 2.69. The van der Waals surface area contributed by atoms with E-state index in [1.165, 1.54) is 0 Å². The average Bonchev–Trinajstić information content (AvgIpc) is 3.03. The molecule has 0 heterocycles. The van der Waals surface area contributed by atoms with Crippen LogP contribution < -0.4 is 0 Å². The number of fused-ring (bicyclic) bond motifs is 5. The van der Waals surface area contributed by atoms with E-state index < -0.39 is 39.8 Å². The largest absolute Gasteiger partial charge is 0.390 e. The number of hydrogen-bond donors (Lipinski definition) is 5. The van der Waals surface area contributed by atoms with Gasteiger partial charge in [0.05, 0.1) is 35.1 Å². The zero-order chi connectivity index (χ0) is 26.2. The van der Waals surface area contributed by atoms with Crippen LogP contribution >= 0.6 is 0 Å². The Balaban J connectivity index is 1.66. The number of aliphatic hydroxyl groups is 5. The van der Waals surface area contributed by atoms with Crippen LogP contribution in [0.5, 0.6) is 0 Å². The van der Waals surface area contributed by atoms with Crippen LogP contribution in [0.25, 0.3) is 0 Å². The zero-order valence-electron chi connectivity index (χ0n) is 22.3. The molecule has 7 nitrogen and oxygen atoms in total. The predicted molar refractivity (Wildman–Crippen MR) is 131 cm³/mol. The molecule has 10 atom stereocenters. The maximum absolute atomic E-state index is 13.4. The van der Waals surface area contributed by atoms with Crippen molar-refractivity contribution < 1.29 is 35.1 Å². The molecule has 0 aromatic heterocycles. The quantitative estimate of drug-likeness (QED) is 0.384. The van der Waals surface area contributed by atoms with Gasteiger partial charge in [0.2, 0.25) is 0 Å². The summed E-state index contributed by atoms with van der Waals surface area (Å²) < 4.78 is 5.46. The lowest BCUT2D eigenvalue weighted by Crippen LogP contribution is -2.63. The Morgan fingerprint density at radius 3 is 2.40 bits per heavy atom. The summed E-state index contributed by atoms with van der Waals surface area (Å²) in [6.07, 6.45) is 3.51. The fraction of sp³-hybridized carbons (Fsp3) is 0.893. The number of carbonyl (C=O) groups excluding carboxylic acids is 1. The number of ketones is 1. The number of ether oxygens (including phenoxy) is 1. The maximum Gasteiger partial charge on any atom is 0.159 e. The van der Waals surface area contributed by atoms with E-state index in [0.29, 0.717) is 38.5 Å². The number of rotatable bonds is 6. The Bertz CT molecular complexity index is 875. The number of allylic oxidation sites excluding steroid dienone is 1. The monoisotopic (exact) mass is 494 g/mol. The van der Waals surface area contributed by atoms with Crippen LogP contribution in [0.2, 0.25) is 0 Å². The van der Waals surface area contributed by atoms with Crippen LogP contribution in [0.3, 0.4) is 0 Å². The van der Waals surface area contributed by atoms with Crippen LogP contribution in [0.15, 0.2) is 11.6 Å². The molecule has 0 saturated heterocycles. The lowest BCUT2D eigenvalue weighted by Gasteiger charge is -2.61. The molecule has 5 N–H and O–H groups in total. The summed E-state index contributed by atoms with van der Waals surface area (Å²) in [6, 6.07) is 0. The second-order valence-electron chi connectivity index (χ2n) is 13.4. The third-order valence-corrected chi connectivity index (χ3v) is 10.8. The lowest BCUT2D eigenvalue weighted by molar-refractivity contribution is -0.178. The van der Waals surface area contributed by atoms with Gasteiger partial charge in [0.15, 0.2) is 5.78 Å². The van der Waals surface area contributed by atoms with Crippen molar-refractivity contribution in [2.24, 2.45) is 28.6 Å². The van der Waals surface area contributed by atoms with Gasteiger partial charge in [-0.05, 0) is 101 Å². The molecule has 200 valence electrons. The van der Waals surface area contributed by atoms with Gasteiger partial charge in [-0.25, -0.2) is 0 Å². The fourth-order valence-electron chi connectivity index (χ4n) is 8.56. The molecule has 0 spiro atoms. The first kappa shape index (κ1) is 27.2. The third kappa shape index (κ3) is 4.05. The number of carbonyl (C=O) groups is 1. The molecule has 0 bridgehead atoms. The van der Waals surface area contributed by atoms with Crippen LogP contribution in [0, 0.1) is 28.6 Å². The van der Waals surface area contributed by atoms with Crippen LogP contribution in [-0.4, -0.2) is 73.5 Å². The molecular weight excluding hydrogens is 448 g/mol. The van der Waals surface area contributed by atoms with E-state index in [1.54, 1.807) is 34.0 Å². The fourth-order valence-corrected chi connectivity index (χ4v) is 8.56. The summed E-state index contributed by atoms with van der Waals surface area (Å²) in [4.78, 5) is 13.4. The van der Waals surface area contributed by atoms with E-state index >= 15 is 0 Å². The van der Waals surface area contributed by atoms with Crippen molar-refractivity contribution in [3.63, 3.8) is 0 Å². The Hall–Kier alpha value is -0.830. The molecule has 0 amide bonds. The minimum Gasteiger partial charge on any atom is -0.390 e. The van der Waals surface area contributed by atoms with Crippen molar-refractivity contribution in [3.8, 4) is 0 Å². The molecule has 3 fully saturated rings. The van der Waals surface area contributed by atoms with E-state index in [0.717, 1.165) is 12.0 Å². The van der Waals surface area contributed by atoms with Gasteiger partial charge in [-0.2, -0.15) is 0 Å². The summed E-state index contributed by atoms with van der Waals surface area (Å²) >= 11 is 0. The van der Waals surface area contributed by atoms with Crippen LogP contribution in [0.1, 0.15) is 86.0 Å². The smallest absolute Gasteiger partial charge is 0.159 e. The molecule has 0 aromatic carbocycles. The second kappa shape index (κ2) is 8.60. The standard InChI is InChI=1S/C28H46O7/c1-24(2,32)10-9-23(31)27(5,33)22-8-12-28(34)17-13-19(29)18-14-21(35-6)20(30)15-25(18,3)16(17)7-11-26(22,28)4/h13,16,18,20-23,30-34H,7-12,14-15H2,1-6H3/t16-,18-,20-,21+,22-,23?,25+,26+,27+,28+/m0/s1. The first-order valence-electron chi connectivity index (χ1n) is 13.3. The molecule has 7 heteroatoms. The van der Waals surface area contributed by atoms with E-state index in [1.807, 2.05) is 6.92 Å². The highest BCUT2D eigenvalue weighted by Crippen LogP contribution is 2.68. The van der Waals surface area contributed by atoms with Crippen molar-refractivity contribution in [3.05, 3.63) is 11.6 Å². The average molecular weight is 495 g/mol. The summed E-state index contributed by atoms with van der Waals surface area (Å²) in [5.74, 6) is -0.652. The van der Waals surface area contributed by atoms with Gasteiger partial charge in [0.1, 0.15) is 0 Å². The summed E-state index contributed by atoms with van der Waals surface area (Å²) in [5.41, 5.74) is -4.06. The van der Waals surface area contributed by atoms with Crippen molar-refractivity contribution in [1.82, 2.24) is 0 Å². The summed E-state index contributed by atoms with van der Waals surface area (Å²) in [7, 11) is 1.57. The molecule has 4 rings (SSSR count). The van der Waals surface area contributed by atoms with Gasteiger partial charge in [0.25, 0.3) is 0 Å². The minimum absolute atomic E-state index is 0.00852. The molecule has 35 heavy (non-hydrogen) atoms. The molecular formula is C28H46O7. The number of aliphatic hydroxyl groups excluding tert-OH is 2. The van der Waals surface area contributed by atoms with Gasteiger partial charge < -0.3 is 30.3 Å². The SMILES string of the molecule is CO[C@@H]1C[C@H]2C(=O)C=C3[C@H](CC[C@]4(C)[C@@H]([C@@](C)(O)C(O)CCC(C)(C)O)CC[C@@]34O)[C@@]2(C)C[C@@H]1O. The summed E-state index contributed by atoms with van der Waals surface area (Å²) in [6.45, 7) is 9.09. The normalized spacial score (nSPS) is 46.2. The molecule has 4 aliphatic carbocycles. The summed E-state index contributed by atoms with van der Waals surface area (Å²) in [5, 5.41) is 55.7. The van der Waals surface area contributed by atoms with Crippen molar-refractivity contribution >= 4 is 5.78 Å². The highest BCUT2D eigenvalue weighted by atomic mass is 16.5. The van der Waals surface area contributed by atoms with Gasteiger partial charge in [-0.1, -0.05) is 13.8 Å². The molecule has 4 aliphatic rings. The Kier molecular flexibility index (Phi) is 6.69. The van der Waals surface area contributed by atoms with Gasteiger partial charge in [-0.3, -0.25) is 4.79 Å². The molecule has 3 saturated carbocycles. The topological polar surface area (TPSA) is 127 Å². The van der Waals surface area contributed by atoms with Crippen molar-refractivity contribution in [1.29, 1.82) is 0 Å². The zero-order valence-corrected chi connectivity index (χ0v) is 22.3. The van der Waals surface area contributed by atoms with Gasteiger partial charge in [0, 0.05) is 18.4 Å². The van der Waals surface area contributed by atoms with E-state index in [2.05, 4.69) is 6.92 Å². The number of hydrogen-bond acceptors (Lipinski definition) is 7. The molecule has 1 unspecified atom stereocenters. The third-order valence-electron chi connectivity index (χ3n) is 10.8. The Morgan fingerprint density at radius 2 is 1.80 bits per heavy atom. The minimum atomic E-state index is -1.45.